The van der Waals surface area contributed by atoms with Crippen molar-refractivity contribution >= 4 is 0 Å². The van der Waals surface area contributed by atoms with E-state index in [9.17, 15) is 9.59 Å². The molecule has 0 atom stereocenters. The molecule has 0 aliphatic carbocycles. The molecule has 2 aromatic heterocycles. The Labute approximate surface area is 89.9 Å². The van der Waals surface area contributed by atoms with Crippen molar-refractivity contribution in [2.24, 2.45) is 0 Å². The van der Waals surface area contributed by atoms with Gasteiger partial charge in [-0.25, -0.2) is 9.78 Å². The smallest absolute Gasteiger partial charge is 0.325 e. The van der Waals surface area contributed by atoms with Crippen LogP contribution in [0.4, 0.5) is 0 Å². The van der Waals surface area contributed by atoms with Gasteiger partial charge in [0.25, 0.3) is 5.56 Å². The maximum Gasteiger partial charge on any atom is 0.325 e. The van der Waals surface area contributed by atoms with E-state index in [4.69, 9.17) is 4.74 Å². The summed E-state index contributed by atoms with van der Waals surface area (Å²) in [6, 6.07) is 3.33. The minimum absolute atomic E-state index is 0.356. The third-order valence-electron chi connectivity index (χ3n) is 2.08. The third-order valence-corrected chi connectivity index (χ3v) is 2.08. The molecule has 16 heavy (non-hydrogen) atoms. The summed E-state index contributed by atoms with van der Waals surface area (Å²) in [4.78, 5) is 30.8. The Kier molecular flexibility index (Phi) is 2.55. The lowest BCUT2D eigenvalue weighted by molar-refractivity contribution is 0.398. The molecule has 0 fully saturated rings. The zero-order chi connectivity index (χ0) is 11.5. The number of ether oxygens (including phenoxy) is 1. The average molecular weight is 219 g/mol. The summed E-state index contributed by atoms with van der Waals surface area (Å²) in [5.74, 6) is 0.463. The van der Waals surface area contributed by atoms with Crippen LogP contribution in [0, 0.1) is 0 Å². The van der Waals surface area contributed by atoms with Crippen LogP contribution in [0.1, 0.15) is 0 Å². The largest absolute Gasteiger partial charge is 0.481 e. The average Bonchev–Trinajstić information content (AvgIpc) is 2.29. The van der Waals surface area contributed by atoms with Gasteiger partial charge in [0.2, 0.25) is 5.88 Å². The van der Waals surface area contributed by atoms with E-state index in [-0.39, 0.29) is 0 Å². The molecule has 2 N–H and O–H groups in total. The van der Waals surface area contributed by atoms with Gasteiger partial charge in [-0.2, -0.15) is 0 Å². The molecule has 0 aliphatic rings. The maximum atomic E-state index is 11.5. The molecular formula is C10H9N3O3. The Morgan fingerprint density at radius 1 is 1.31 bits per heavy atom. The molecule has 2 rings (SSSR count). The zero-order valence-corrected chi connectivity index (χ0v) is 8.48. The van der Waals surface area contributed by atoms with E-state index in [1.165, 1.54) is 19.5 Å². The van der Waals surface area contributed by atoms with Crippen LogP contribution in [0.15, 0.2) is 34.1 Å². The SMILES string of the molecule is COc1ccc(-c2c[nH]c(=O)[nH]c2=O)cn1. The normalized spacial score (nSPS) is 10.1. The van der Waals surface area contributed by atoms with E-state index in [0.29, 0.717) is 17.0 Å². The summed E-state index contributed by atoms with van der Waals surface area (Å²) in [5, 5.41) is 0. The maximum absolute atomic E-state index is 11.5. The lowest BCUT2D eigenvalue weighted by Crippen LogP contribution is -2.22. The van der Waals surface area contributed by atoms with Crippen molar-refractivity contribution < 1.29 is 4.74 Å². The number of nitrogens with zero attached hydrogens (tertiary/aromatic N) is 1. The Bertz CT molecular complexity index is 598. The first kappa shape index (κ1) is 10.2. The molecular weight excluding hydrogens is 210 g/mol. The summed E-state index contributed by atoms with van der Waals surface area (Å²) < 4.78 is 4.90. The lowest BCUT2D eigenvalue weighted by Gasteiger charge is -2.01. The molecule has 0 bridgehead atoms. The fourth-order valence-corrected chi connectivity index (χ4v) is 1.28. The van der Waals surface area contributed by atoms with E-state index < -0.39 is 11.2 Å². The van der Waals surface area contributed by atoms with Crippen LogP contribution in [-0.4, -0.2) is 22.1 Å². The van der Waals surface area contributed by atoms with Gasteiger partial charge in [-0.05, 0) is 6.07 Å². The highest BCUT2D eigenvalue weighted by Crippen LogP contribution is 2.14. The number of aromatic amines is 2. The molecule has 2 heterocycles. The van der Waals surface area contributed by atoms with Crippen molar-refractivity contribution in [2.45, 2.75) is 0 Å². The minimum atomic E-state index is -0.532. The van der Waals surface area contributed by atoms with Crippen molar-refractivity contribution in [2.75, 3.05) is 7.11 Å². The zero-order valence-electron chi connectivity index (χ0n) is 8.48. The quantitative estimate of drug-likeness (QED) is 0.751. The van der Waals surface area contributed by atoms with Crippen molar-refractivity contribution in [1.82, 2.24) is 15.0 Å². The van der Waals surface area contributed by atoms with Gasteiger partial charge in [-0.1, -0.05) is 0 Å². The van der Waals surface area contributed by atoms with Crippen LogP contribution in [0.2, 0.25) is 0 Å². The van der Waals surface area contributed by atoms with Gasteiger partial charge in [-0.15, -0.1) is 0 Å². The third kappa shape index (κ3) is 1.85. The molecule has 0 saturated heterocycles. The molecule has 0 saturated carbocycles. The number of hydrogen-bond acceptors (Lipinski definition) is 4. The second-order valence-electron chi connectivity index (χ2n) is 3.07. The van der Waals surface area contributed by atoms with Gasteiger partial charge in [0.05, 0.1) is 12.7 Å². The highest BCUT2D eigenvalue weighted by molar-refractivity contribution is 5.60. The van der Waals surface area contributed by atoms with Gasteiger partial charge in [-0.3, -0.25) is 9.78 Å². The number of pyridine rings is 1. The lowest BCUT2D eigenvalue weighted by atomic mass is 10.1. The summed E-state index contributed by atoms with van der Waals surface area (Å²) in [6.07, 6.45) is 2.85. The second-order valence-corrected chi connectivity index (χ2v) is 3.07. The Hall–Kier alpha value is -2.37. The van der Waals surface area contributed by atoms with Gasteiger partial charge in [0, 0.05) is 24.0 Å². The molecule has 0 unspecified atom stereocenters. The van der Waals surface area contributed by atoms with E-state index in [2.05, 4.69) is 15.0 Å². The van der Waals surface area contributed by atoms with Crippen LogP contribution in [0.25, 0.3) is 11.1 Å². The second kappa shape index (κ2) is 4.01. The summed E-state index contributed by atoms with van der Waals surface area (Å²) >= 11 is 0. The summed E-state index contributed by atoms with van der Waals surface area (Å²) in [6.45, 7) is 0. The molecule has 0 aliphatic heterocycles. The Balaban J connectivity index is 2.50. The monoisotopic (exact) mass is 219 g/mol. The molecule has 0 spiro atoms. The van der Waals surface area contributed by atoms with Gasteiger partial charge < -0.3 is 9.72 Å². The van der Waals surface area contributed by atoms with Crippen molar-refractivity contribution in [3.8, 4) is 17.0 Å². The number of methoxy groups -OCH3 is 1. The summed E-state index contributed by atoms with van der Waals surface area (Å²) in [7, 11) is 1.51. The van der Waals surface area contributed by atoms with Crippen molar-refractivity contribution in [3.63, 3.8) is 0 Å². The molecule has 2 aromatic rings. The number of nitrogens with one attached hydrogen (secondary N) is 2. The van der Waals surface area contributed by atoms with Crippen LogP contribution in [0.5, 0.6) is 5.88 Å². The molecule has 0 amide bonds. The first-order chi connectivity index (χ1) is 7.70. The standard InChI is InChI=1S/C10H9N3O3/c1-16-8-3-2-6(4-11-8)7-5-12-10(15)13-9(7)14/h2-5H,1H3,(H2,12,13,14,15). The number of hydrogen-bond donors (Lipinski definition) is 2. The topological polar surface area (TPSA) is 87.8 Å². The van der Waals surface area contributed by atoms with Crippen LogP contribution in [-0.2, 0) is 0 Å². The van der Waals surface area contributed by atoms with E-state index >= 15 is 0 Å². The molecule has 0 radical (unpaired) electrons. The van der Waals surface area contributed by atoms with Crippen LogP contribution >= 0.6 is 0 Å². The predicted octanol–water partition coefficient (Wildman–Crippen LogP) is 0.134. The fourth-order valence-electron chi connectivity index (χ4n) is 1.28. The molecule has 82 valence electrons. The fraction of sp³-hybridized carbons (Fsp3) is 0.100. The van der Waals surface area contributed by atoms with Crippen molar-refractivity contribution in [3.05, 3.63) is 45.4 Å². The van der Waals surface area contributed by atoms with Crippen molar-refractivity contribution in [1.29, 1.82) is 0 Å². The molecule has 6 nitrogen and oxygen atoms in total. The Morgan fingerprint density at radius 3 is 2.69 bits per heavy atom. The molecule has 0 aromatic carbocycles. The van der Waals surface area contributed by atoms with Gasteiger partial charge in [0.1, 0.15) is 0 Å². The first-order valence-electron chi connectivity index (χ1n) is 4.53. The number of aromatic nitrogens is 3. The highest BCUT2D eigenvalue weighted by atomic mass is 16.5. The van der Waals surface area contributed by atoms with Gasteiger partial charge in [0.15, 0.2) is 0 Å². The Morgan fingerprint density at radius 2 is 2.12 bits per heavy atom. The molecule has 6 heteroatoms. The van der Waals surface area contributed by atoms with E-state index in [0.717, 1.165) is 0 Å². The van der Waals surface area contributed by atoms with E-state index in [1.807, 2.05) is 0 Å². The van der Waals surface area contributed by atoms with Crippen LogP contribution < -0.4 is 16.0 Å². The highest BCUT2D eigenvalue weighted by Gasteiger charge is 2.04. The van der Waals surface area contributed by atoms with Crippen LogP contribution in [0.3, 0.4) is 0 Å². The van der Waals surface area contributed by atoms with Gasteiger partial charge >= 0.3 is 5.69 Å². The predicted molar refractivity (Wildman–Crippen MR) is 57.5 cm³/mol. The van der Waals surface area contributed by atoms with E-state index in [1.54, 1.807) is 12.1 Å². The number of rotatable bonds is 2. The summed E-state index contributed by atoms with van der Waals surface area (Å²) in [5.41, 5.74) is -0.0148. The minimum Gasteiger partial charge on any atom is -0.481 e. The number of H-pyrrole nitrogens is 2. The first-order valence-corrected chi connectivity index (χ1v) is 4.53.